The highest BCUT2D eigenvalue weighted by molar-refractivity contribution is 7.98. The van der Waals surface area contributed by atoms with Gasteiger partial charge in [-0.15, -0.1) is 0 Å². The van der Waals surface area contributed by atoms with Crippen LogP contribution in [0, 0.1) is 20.8 Å². The number of imidazole rings is 1. The number of aryl methyl sites for hydroxylation is 3. The van der Waals surface area contributed by atoms with Crippen LogP contribution < -0.4 is 5.56 Å². The molecular weight excluding hydrogens is 404 g/mol. The van der Waals surface area contributed by atoms with Crippen molar-refractivity contribution in [3.63, 3.8) is 0 Å². The van der Waals surface area contributed by atoms with E-state index >= 15 is 0 Å². The zero-order chi connectivity index (χ0) is 21.5. The number of benzene rings is 2. The van der Waals surface area contributed by atoms with Crippen molar-refractivity contribution < 1.29 is 0 Å². The minimum Gasteiger partial charge on any atom is -0.307 e. The molecule has 0 spiro atoms. The first-order chi connectivity index (χ1) is 15.0. The van der Waals surface area contributed by atoms with Crippen LogP contribution in [0.1, 0.15) is 22.4 Å². The van der Waals surface area contributed by atoms with Gasteiger partial charge >= 0.3 is 0 Å². The highest BCUT2D eigenvalue weighted by Crippen LogP contribution is 2.26. The summed E-state index contributed by atoms with van der Waals surface area (Å²) in [6, 6.07) is 17.7. The fraction of sp³-hybridized carbons (Fsp3) is 0.160. The average molecular weight is 427 g/mol. The van der Waals surface area contributed by atoms with Gasteiger partial charge in [0.2, 0.25) is 0 Å². The van der Waals surface area contributed by atoms with E-state index in [0.29, 0.717) is 21.8 Å². The van der Waals surface area contributed by atoms with E-state index < -0.39 is 0 Å². The molecule has 0 aliphatic heterocycles. The van der Waals surface area contributed by atoms with Gasteiger partial charge in [-0.2, -0.15) is 0 Å². The van der Waals surface area contributed by atoms with Crippen LogP contribution >= 0.6 is 11.8 Å². The Morgan fingerprint density at radius 3 is 2.58 bits per heavy atom. The Morgan fingerprint density at radius 1 is 0.935 bits per heavy atom. The molecule has 0 atom stereocenters. The third-order valence-electron chi connectivity index (χ3n) is 5.42. The summed E-state index contributed by atoms with van der Waals surface area (Å²) in [5.41, 5.74) is 6.77. The summed E-state index contributed by atoms with van der Waals surface area (Å²) in [6.07, 6.45) is 4.04. The van der Waals surface area contributed by atoms with Gasteiger partial charge in [0.05, 0.1) is 22.3 Å². The molecule has 6 heteroatoms. The number of thioether (sulfide) groups is 1. The van der Waals surface area contributed by atoms with Gasteiger partial charge in [0.25, 0.3) is 5.56 Å². The molecule has 0 saturated carbocycles. The summed E-state index contributed by atoms with van der Waals surface area (Å²) < 4.78 is 3.78. The molecule has 0 N–H and O–H groups in total. The molecule has 5 aromatic rings. The van der Waals surface area contributed by atoms with E-state index in [-0.39, 0.29) is 5.56 Å². The highest BCUT2D eigenvalue weighted by atomic mass is 32.2. The SMILES string of the molecule is Cc1ccc(-n2c(SCc3cn4cccc(C)c4n3)nc3ccccc3c2=O)c(C)c1. The molecule has 0 bridgehead atoms. The molecule has 0 radical (unpaired) electrons. The van der Waals surface area contributed by atoms with Crippen molar-refractivity contribution in [3.8, 4) is 5.69 Å². The van der Waals surface area contributed by atoms with Crippen LogP contribution in [0.15, 0.2) is 76.9 Å². The number of para-hydroxylation sites is 1. The normalized spacial score (nSPS) is 11.5. The standard InChI is InChI=1S/C25H22N4OS/c1-16-10-11-22(18(3)13-16)29-24(30)20-8-4-5-9-21(20)27-25(29)31-15-19-14-28-12-6-7-17(2)23(28)26-19/h4-14H,15H2,1-3H3. The van der Waals surface area contributed by atoms with Crippen molar-refractivity contribution in [1.82, 2.24) is 18.9 Å². The summed E-state index contributed by atoms with van der Waals surface area (Å²) in [5.74, 6) is 0.622. The van der Waals surface area contributed by atoms with E-state index in [9.17, 15) is 4.79 Å². The average Bonchev–Trinajstić information content (AvgIpc) is 3.18. The van der Waals surface area contributed by atoms with Crippen LogP contribution in [0.4, 0.5) is 0 Å². The monoisotopic (exact) mass is 426 g/mol. The van der Waals surface area contributed by atoms with E-state index in [1.807, 2.05) is 66.2 Å². The second-order valence-corrected chi connectivity index (χ2v) is 8.73. The van der Waals surface area contributed by atoms with Gasteiger partial charge < -0.3 is 4.40 Å². The smallest absolute Gasteiger partial charge is 0.266 e. The van der Waals surface area contributed by atoms with Crippen molar-refractivity contribution in [2.45, 2.75) is 31.7 Å². The molecule has 0 fully saturated rings. The van der Waals surface area contributed by atoms with Crippen molar-refractivity contribution in [3.05, 3.63) is 99.7 Å². The minimum atomic E-state index is -0.0501. The molecule has 31 heavy (non-hydrogen) atoms. The topological polar surface area (TPSA) is 52.2 Å². The summed E-state index contributed by atoms with van der Waals surface area (Å²) in [5, 5.41) is 1.29. The number of pyridine rings is 1. The molecule has 154 valence electrons. The number of aromatic nitrogens is 4. The lowest BCUT2D eigenvalue weighted by molar-refractivity contribution is 0.813. The Hall–Kier alpha value is -3.38. The Morgan fingerprint density at radius 2 is 1.77 bits per heavy atom. The largest absolute Gasteiger partial charge is 0.307 e. The molecule has 3 heterocycles. The van der Waals surface area contributed by atoms with Gasteiger partial charge in [-0.1, -0.05) is 47.7 Å². The van der Waals surface area contributed by atoms with Gasteiger partial charge in [0.15, 0.2) is 5.16 Å². The number of hydrogen-bond acceptors (Lipinski definition) is 4. The number of rotatable bonds is 4. The number of nitrogens with zero attached hydrogens (tertiary/aromatic N) is 4. The third-order valence-corrected chi connectivity index (χ3v) is 6.39. The van der Waals surface area contributed by atoms with E-state index in [0.717, 1.165) is 33.7 Å². The maximum atomic E-state index is 13.5. The Labute approximate surface area is 184 Å². The molecule has 2 aromatic carbocycles. The van der Waals surface area contributed by atoms with Crippen LogP contribution in [0.5, 0.6) is 0 Å². The predicted molar refractivity (Wildman–Crippen MR) is 126 cm³/mol. The van der Waals surface area contributed by atoms with Crippen LogP contribution in [-0.2, 0) is 5.75 Å². The number of fused-ring (bicyclic) bond motifs is 2. The molecule has 0 unspecified atom stereocenters. The van der Waals surface area contributed by atoms with Gasteiger partial charge in [-0.05, 0) is 56.2 Å². The van der Waals surface area contributed by atoms with Crippen LogP contribution in [-0.4, -0.2) is 18.9 Å². The van der Waals surface area contributed by atoms with Crippen LogP contribution in [0.25, 0.3) is 22.2 Å². The van der Waals surface area contributed by atoms with Gasteiger partial charge in [0.1, 0.15) is 5.65 Å². The quantitative estimate of drug-likeness (QED) is 0.291. The zero-order valence-corrected chi connectivity index (χ0v) is 18.5. The van der Waals surface area contributed by atoms with E-state index in [1.165, 1.54) is 11.8 Å². The van der Waals surface area contributed by atoms with E-state index in [1.54, 1.807) is 4.57 Å². The molecule has 3 aromatic heterocycles. The maximum Gasteiger partial charge on any atom is 0.266 e. The van der Waals surface area contributed by atoms with Crippen molar-refractivity contribution in [2.24, 2.45) is 0 Å². The lowest BCUT2D eigenvalue weighted by Gasteiger charge is -2.15. The Balaban J connectivity index is 1.62. The second-order valence-electron chi connectivity index (χ2n) is 7.79. The fourth-order valence-corrected chi connectivity index (χ4v) is 4.78. The third kappa shape index (κ3) is 3.53. The summed E-state index contributed by atoms with van der Waals surface area (Å²) in [4.78, 5) is 23.1. The van der Waals surface area contributed by atoms with Crippen LogP contribution in [0.3, 0.4) is 0 Å². The van der Waals surface area contributed by atoms with E-state index in [2.05, 4.69) is 26.0 Å². The summed E-state index contributed by atoms with van der Waals surface area (Å²) in [7, 11) is 0. The van der Waals surface area contributed by atoms with Gasteiger partial charge in [-0.3, -0.25) is 9.36 Å². The van der Waals surface area contributed by atoms with E-state index in [4.69, 9.17) is 9.97 Å². The highest BCUT2D eigenvalue weighted by Gasteiger charge is 2.16. The first-order valence-electron chi connectivity index (χ1n) is 10.2. The summed E-state index contributed by atoms with van der Waals surface area (Å²) in [6.45, 7) is 6.14. The molecule has 0 aliphatic rings. The van der Waals surface area contributed by atoms with Gasteiger partial charge in [-0.25, -0.2) is 9.97 Å². The first kappa shape index (κ1) is 19.6. The maximum absolute atomic E-state index is 13.5. The minimum absolute atomic E-state index is 0.0501. The van der Waals surface area contributed by atoms with Crippen molar-refractivity contribution >= 4 is 28.3 Å². The van der Waals surface area contributed by atoms with Crippen LogP contribution in [0.2, 0.25) is 0 Å². The molecule has 0 amide bonds. The second kappa shape index (κ2) is 7.71. The van der Waals surface area contributed by atoms with Crippen molar-refractivity contribution in [1.29, 1.82) is 0 Å². The van der Waals surface area contributed by atoms with Crippen molar-refractivity contribution in [2.75, 3.05) is 0 Å². The zero-order valence-electron chi connectivity index (χ0n) is 17.7. The lowest BCUT2D eigenvalue weighted by atomic mass is 10.1. The molecular formula is C25H22N4OS. The first-order valence-corrected chi connectivity index (χ1v) is 11.2. The molecule has 5 nitrogen and oxygen atoms in total. The number of hydrogen-bond donors (Lipinski definition) is 0. The van der Waals surface area contributed by atoms with Gasteiger partial charge in [0, 0.05) is 18.1 Å². The predicted octanol–water partition coefficient (Wildman–Crippen LogP) is 5.25. The molecule has 0 saturated heterocycles. The lowest BCUT2D eigenvalue weighted by Crippen LogP contribution is -2.22. The Bertz CT molecular complexity index is 1500. The summed E-state index contributed by atoms with van der Waals surface area (Å²) >= 11 is 1.53. The Kier molecular flexibility index (Phi) is 4.87. The molecule has 5 rings (SSSR count). The fourth-order valence-electron chi connectivity index (χ4n) is 3.89. The molecule has 0 aliphatic carbocycles.